The van der Waals surface area contributed by atoms with Gasteiger partial charge in [0.25, 0.3) is 0 Å². The summed E-state index contributed by atoms with van der Waals surface area (Å²) >= 11 is 2.87. The number of hydrogen-bond acceptors (Lipinski definition) is 6. The van der Waals surface area contributed by atoms with Crippen molar-refractivity contribution in [2.24, 2.45) is 0 Å². The molecule has 0 bridgehead atoms. The molecule has 14 heavy (non-hydrogen) atoms. The van der Waals surface area contributed by atoms with Gasteiger partial charge in [0.1, 0.15) is 0 Å². The predicted molar refractivity (Wildman–Crippen MR) is 58.1 cm³/mol. The van der Waals surface area contributed by atoms with Gasteiger partial charge in [0.05, 0.1) is 35.5 Å². The van der Waals surface area contributed by atoms with Crippen LogP contribution in [0.2, 0.25) is 0 Å². The first-order valence-electron chi connectivity index (χ1n) is 3.95. The molecule has 0 saturated heterocycles. The molecule has 0 aliphatic rings. The lowest BCUT2D eigenvalue weighted by atomic mass is 10.4. The highest BCUT2D eigenvalue weighted by Gasteiger charge is 2.01. The highest BCUT2D eigenvalue weighted by molar-refractivity contribution is 7.98. The van der Waals surface area contributed by atoms with E-state index in [1.54, 1.807) is 30.4 Å². The third kappa shape index (κ3) is 2.21. The highest BCUT2D eigenvalue weighted by Crippen LogP contribution is 2.26. The molecule has 0 aromatic carbocycles. The molecule has 2 aromatic heterocycles. The number of anilines is 1. The number of aromatic nitrogens is 3. The lowest BCUT2D eigenvalue weighted by Gasteiger charge is -2.01. The van der Waals surface area contributed by atoms with E-state index in [9.17, 15) is 0 Å². The Morgan fingerprint density at radius 1 is 1.43 bits per heavy atom. The van der Waals surface area contributed by atoms with Crippen molar-refractivity contribution < 1.29 is 0 Å². The van der Waals surface area contributed by atoms with Crippen molar-refractivity contribution in [3.8, 4) is 0 Å². The number of nitrogen functional groups attached to an aromatic ring is 1. The van der Waals surface area contributed by atoms with Crippen LogP contribution in [0.15, 0.2) is 29.6 Å². The average molecular weight is 224 g/mol. The van der Waals surface area contributed by atoms with E-state index in [0.717, 1.165) is 16.3 Å². The Morgan fingerprint density at radius 3 is 3.07 bits per heavy atom. The third-order valence-electron chi connectivity index (χ3n) is 1.59. The fraction of sp³-hybridized carbons (Fsp3) is 0.125. The maximum absolute atomic E-state index is 5.74. The molecule has 0 amide bonds. The molecular formula is C8H8N4S2. The van der Waals surface area contributed by atoms with Crippen LogP contribution in [0.4, 0.5) is 5.69 Å². The Balaban J connectivity index is 2.02. The van der Waals surface area contributed by atoms with Gasteiger partial charge in [-0.3, -0.25) is 4.98 Å². The molecule has 2 heterocycles. The van der Waals surface area contributed by atoms with Gasteiger partial charge in [-0.1, -0.05) is 0 Å². The number of nitrogens with two attached hydrogens (primary N) is 1. The van der Waals surface area contributed by atoms with Crippen molar-refractivity contribution in [2.45, 2.75) is 10.6 Å². The molecule has 0 fully saturated rings. The van der Waals surface area contributed by atoms with E-state index in [4.69, 9.17) is 5.73 Å². The fourth-order valence-electron chi connectivity index (χ4n) is 0.925. The van der Waals surface area contributed by atoms with Crippen LogP contribution in [0.1, 0.15) is 5.69 Å². The molecule has 2 aromatic rings. The Bertz CT molecular complexity index is 401. The van der Waals surface area contributed by atoms with Crippen LogP contribution in [-0.2, 0) is 5.75 Å². The summed E-state index contributed by atoms with van der Waals surface area (Å²) in [7, 11) is 0. The summed E-state index contributed by atoms with van der Waals surface area (Å²) in [5.41, 5.74) is 7.43. The van der Waals surface area contributed by atoms with Gasteiger partial charge >= 0.3 is 0 Å². The number of nitrogens with zero attached hydrogens (tertiary/aromatic N) is 3. The van der Waals surface area contributed by atoms with Crippen LogP contribution >= 0.6 is 23.5 Å². The summed E-state index contributed by atoms with van der Waals surface area (Å²) in [6, 6.07) is 1.90. The normalized spacial score (nSPS) is 10.3. The Kier molecular flexibility index (Phi) is 2.95. The van der Waals surface area contributed by atoms with Gasteiger partial charge in [0.15, 0.2) is 0 Å². The number of hydrogen-bond donors (Lipinski definition) is 1. The minimum absolute atomic E-state index is 0.709. The van der Waals surface area contributed by atoms with Crippen LogP contribution in [0.5, 0.6) is 0 Å². The summed E-state index contributed by atoms with van der Waals surface area (Å²) in [5.74, 6) is 0.796. The maximum Gasteiger partial charge on any atom is 0.0845 e. The molecule has 2 rings (SSSR count). The van der Waals surface area contributed by atoms with Gasteiger partial charge in [-0.15, -0.1) is 11.8 Å². The van der Waals surface area contributed by atoms with Crippen molar-refractivity contribution in [1.82, 2.24) is 13.7 Å². The van der Waals surface area contributed by atoms with Crippen LogP contribution in [0.25, 0.3) is 0 Å². The standard InChI is InChI=1S/C8H8N4S2/c9-7-4-10-2-1-8(7)13-5-6-3-11-14-12-6/h1-4H,5,9H2. The van der Waals surface area contributed by atoms with Crippen molar-refractivity contribution in [3.63, 3.8) is 0 Å². The van der Waals surface area contributed by atoms with Gasteiger partial charge in [0.2, 0.25) is 0 Å². The Hall–Kier alpha value is -1.14. The first-order chi connectivity index (χ1) is 6.86. The van der Waals surface area contributed by atoms with E-state index in [1.807, 2.05) is 6.07 Å². The van der Waals surface area contributed by atoms with Gasteiger partial charge in [-0.05, 0) is 6.07 Å². The zero-order valence-corrected chi connectivity index (χ0v) is 8.88. The first kappa shape index (κ1) is 9.42. The van der Waals surface area contributed by atoms with Gasteiger partial charge in [-0.2, -0.15) is 8.75 Å². The summed E-state index contributed by atoms with van der Waals surface area (Å²) in [5, 5.41) is 0. The van der Waals surface area contributed by atoms with Crippen molar-refractivity contribution in [1.29, 1.82) is 0 Å². The SMILES string of the molecule is Nc1cnccc1SCc1cnsn1. The van der Waals surface area contributed by atoms with Crippen LogP contribution < -0.4 is 5.73 Å². The number of pyridine rings is 1. The molecule has 2 N–H and O–H groups in total. The predicted octanol–water partition coefficient (Wildman–Crippen LogP) is 1.81. The van der Waals surface area contributed by atoms with Crippen LogP contribution in [0.3, 0.4) is 0 Å². The van der Waals surface area contributed by atoms with E-state index in [0.29, 0.717) is 5.69 Å². The lowest BCUT2D eigenvalue weighted by molar-refractivity contribution is 1.25. The van der Waals surface area contributed by atoms with Gasteiger partial charge < -0.3 is 5.73 Å². The zero-order valence-electron chi connectivity index (χ0n) is 7.25. The monoisotopic (exact) mass is 224 g/mol. The third-order valence-corrected chi connectivity index (χ3v) is 3.23. The molecule has 0 aliphatic carbocycles. The number of rotatable bonds is 3. The van der Waals surface area contributed by atoms with Gasteiger partial charge in [-0.25, -0.2) is 0 Å². The summed E-state index contributed by atoms with van der Waals surface area (Å²) in [4.78, 5) is 4.96. The second-order valence-electron chi connectivity index (χ2n) is 2.60. The number of thioether (sulfide) groups is 1. The average Bonchev–Trinajstić information content (AvgIpc) is 2.69. The zero-order chi connectivity index (χ0) is 9.80. The summed E-state index contributed by atoms with van der Waals surface area (Å²) in [6.45, 7) is 0. The molecule has 6 heteroatoms. The molecule has 0 atom stereocenters. The van der Waals surface area contributed by atoms with E-state index >= 15 is 0 Å². The van der Waals surface area contributed by atoms with Crippen molar-refractivity contribution in [3.05, 3.63) is 30.4 Å². The van der Waals surface area contributed by atoms with E-state index in [1.165, 1.54) is 11.7 Å². The molecule has 0 aliphatic heterocycles. The quantitative estimate of drug-likeness (QED) is 0.805. The molecule has 0 saturated carbocycles. The van der Waals surface area contributed by atoms with Crippen LogP contribution in [0, 0.1) is 0 Å². The largest absolute Gasteiger partial charge is 0.397 e. The first-order valence-corrected chi connectivity index (χ1v) is 5.66. The van der Waals surface area contributed by atoms with Crippen molar-refractivity contribution in [2.75, 3.05) is 5.73 Å². The van der Waals surface area contributed by atoms with E-state index < -0.39 is 0 Å². The fourth-order valence-corrected chi connectivity index (χ4v) is 2.26. The summed E-state index contributed by atoms with van der Waals surface area (Å²) < 4.78 is 8.04. The summed E-state index contributed by atoms with van der Waals surface area (Å²) in [6.07, 6.45) is 5.16. The molecule has 0 spiro atoms. The highest BCUT2D eigenvalue weighted by atomic mass is 32.2. The van der Waals surface area contributed by atoms with Crippen molar-refractivity contribution >= 4 is 29.2 Å². The molecule has 0 unspecified atom stereocenters. The molecule has 0 radical (unpaired) electrons. The minimum Gasteiger partial charge on any atom is -0.397 e. The second-order valence-corrected chi connectivity index (χ2v) is 4.17. The minimum atomic E-state index is 0.709. The van der Waals surface area contributed by atoms with Crippen LogP contribution in [-0.4, -0.2) is 13.7 Å². The Labute approximate surface area is 89.9 Å². The Morgan fingerprint density at radius 2 is 2.36 bits per heavy atom. The topological polar surface area (TPSA) is 64.7 Å². The maximum atomic E-state index is 5.74. The second kappa shape index (κ2) is 4.39. The lowest BCUT2D eigenvalue weighted by Crippen LogP contribution is -1.89. The van der Waals surface area contributed by atoms with E-state index in [-0.39, 0.29) is 0 Å². The molecule has 72 valence electrons. The molecular weight excluding hydrogens is 216 g/mol. The van der Waals surface area contributed by atoms with E-state index in [2.05, 4.69) is 13.7 Å². The van der Waals surface area contributed by atoms with Gasteiger partial charge in [0, 0.05) is 16.8 Å². The smallest absolute Gasteiger partial charge is 0.0845 e. The molecule has 4 nitrogen and oxygen atoms in total.